The molecule has 1 aliphatic rings. The summed E-state index contributed by atoms with van der Waals surface area (Å²) in [7, 11) is 0. The number of halogens is 2. The molecule has 112 valence electrons. The molecule has 2 atom stereocenters. The van der Waals surface area contributed by atoms with E-state index in [1.807, 2.05) is 18.2 Å². The second kappa shape index (κ2) is 7.65. The van der Waals surface area contributed by atoms with E-state index >= 15 is 0 Å². The van der Waals surface area contributed by atoms with Crippen LogP contribution in [0.4, 0.5) is 0 Å². The van der Waals surface area contributed by atoms with Gasteiger partial charge in [0.15, 0.2) is 0 Å². The first-order valence-electron chi connectivity index (χ1n) is 7.55. The van der Waals surface area contributed by atoms with Crippen molar-refractivity contribution in [3.05, 3.63) is 33.8 Å². The van der Waals surface area contributed by atoms with Crippen LogP contribution in [0, 0.1) is 5.92 Å². The summed E-state index contributed by atoms with van der Waals surface area (Å²) in [5.41, 5.74) is 7.10. The molecule has 1 saturated heterocycles. The van der Waals surface area contributed by atoms with E-state index in [0.717, 1.165) is 24.6 Å². The summed E-state index contributed by atoms with van der Waals surface area (Å²) in [5.74, 6) is 0.855. The highest BCUT2D eigenvalue weighted by Crippen LogP contribution is 2.34. The van der Waals surface area contributed by atoms with Crippen molar-refractivity contribution in [2.45, 2.75) is 38.6 Å². The van der Waals surface area contributed by atoms with Gasteiger partial charge in [0.05, 0.1) is 10.0 Å². The molecule has 1 heterocycles. The van der Waals surface area contributed by atoms with Crippen LogP contribution in [0.3, 0.4) is 0 Å². The maximum Gasteiger partial charge on any atom is 0.0640 e. The Morgan fingerprint density at radius 1 is 1.30 bits per heavy atom. The quantitative estimate of drug-likeness (QED) is 0.886. The molecule has 2 rings (SSSR count). The number of hydrogen-bond donors (Lipinski definition) is 1. The van der Waals surface area contributed by atoms with Crippen LogP contribution in [0.2, 0.25) is 10.0 Å². The Labute approximate surface area is 132 Å². The van der Waals surface area contributed by atoms with E-state index in [2.05, 4.69) is 11.8 Å². The molecule has 0 bridgehead atoms. The van der Waals surface area contributed by atoms with Gasteiger partial charge in [-0.25, -0.2) is 0 Å². The zero-order valence-corrected chi connectivity index (χ0v) is 13.6. The molecule has 0 aliphatic carbocycles. The summed E-state index contributed by atoms with van der Waals surface area (Å²) in [5, 5.41) is 1.27. The molecule has 1 fully saturated rings. The molecule has 0 aromatic heterocycles. The predicted octanol–water partition coefficient (Wildman–Crippen LogP) is 4.51. The highest BCUT2D eigenvalue weighted by molar-refractivity contribution is 6.42. The second-order valence-electron chi connectivity index (χ2n) is 5.64. The van der Waals surface area contributed by atoms with Gasteiger partial charge in [0.25, 0.3) is 0 Å². The molecule has 0 radical (unpaired) electrons. The third-order valence-corrected chi connectivity index (χ3v) is 5.30. The van der Waals surface area contributed by atoms with Crippen LogP contribution in [-0.2, 0) is 0 Å². The number of nitrogens with zero attached hydrogens (tertiary/aromatic N) is 1. The van der Waals surface area contributed by atoms with E-state index in [1.165, 1.54) is 25.7 Å². The first kappa shape index (κ1) is 16.1. The van der Waals surface area contributed by atoms with Gasteiger partial charge in [-0.05, 0) is 49.9 Å². The van der Waals surface area contributed by atoms with Gasteiger partial charge in [-0.3, -0.25) is 4.90 Å². The van der Waals surface area contributed by atoms with Gasteiger partial charge in [0, 0.05) is 12.6 Å². The smallest absolute Gasteiger partial charge is 0.0640 e. The van der Waals surface area contributed by atoms with E-state index in [1.54, 1.807) is 0 Å². The number of likely N-dealkylation sites (tertiary alicyclic amines) is 1. The number of rotatable bonds is 4. The molecule has 2 nitrogen and oxygen atoms in total. The number of nitrogens with two attached hydrogens (primary N) is 1. The maximum absolute atomic E-state index is 6.37. The van der Waals surface area contributed by atoms with E-state index in [0.29, 0.717) is 16.6 Å². The first-order valence-corrected chi connectivity index (χ1v) is 8.31. The second-order valence-corrected chi connectivity index (χ2v) is 6.42. The molecular weight excluding hydrogens is 291 g/mol. The molecule has 20 heavy (non-hydrogen) atoms. The van der Waals surface area contributed by atoms with E-state index < -0.39 is 0 Å². The lowest BCUT2D eigenvalue weighted by molar-refractivity contribution is 0.207. The van der Waals surface area contributed by atoms with Gasteiger partial charge in [-0.2, -0.15) is 0 Å². The van der Waals surface area contributed by atoms with Crippen LogP contribution in [0.5, 0.6) is 0 Å². The third kappa shape index (κ3) is 3.67. The zero-order chi connectivity index (χ0) is 14.5. The van der Waals surface area contributed by atoms with Gasteiger partial charge in [0.2, 0.25) is 0 Å². The Bertz CT molecular complexity index is 436. The molecule has 4 heteroatoms. The van der Waals surface area contributed by atoms with E-state index in [4.69, 9.17) is 28.9 Å². The van der Waals surface area contributed by atoms with Crippen molar-refractivity contribution in [2.75, 3.05) is 19.6 Å². The van der Waals surface area contributed by atoms with Crippen molar-refractivity contribution >= 4 is 23.2 Å². The number of hydrogen-bond acceptors (Lipinski definition) is 2. The minimum absolute atomic E-state index is 0.178. The Balaban J connectivity index is 2.17. The van der Waals surface area contributed by atoms with E-state index in [9.17, 15) is 0 Å². The van der Waals surface area contributed by atoms with Crippen molar-refractivity contribution in [3.8, 4) is 0 Å². The van der Waals surface area contributed by atoms with Crippen molar-refractivity contribution in [2.24, 2.45) is 11.7 Å². The van der Waals surface area contributed by atoms with Gasteiger partial charge in [-0.15, -0.1) is 0 Å². The fourth-order valence-corrected chi connectivity index (χ4v) is 3.59. The maximum atomic E-state index is 6.37. The van der Waals surface area contributed by atoms with Crippen LogP contribution >= 0.6 is 23.2 Å². The summed E-state index contributed by atoms with van der Waals surface area (Å²) in [4.78, 5) is 2.48. The topological polar surface area (TPSA) is 29.3 Å². The predicted molar refractivity (Wildman–Crippen MR) is 87.5 cm³/mol. The Kier molecular flexibility index (Phi) is 6.16. The highest BCUT2D eigenvalue weighted by atomic mass is 35.5. The molecule has 1 aromatic carbocycles. The normalized spacial score (nSPS) is 22.5. The molecular formula is C16H24Cl2N2. The summed E-state index contributed by atoms with van der Waals surface area (Å²) in [6.45, 7) is 5.07. The lowest BCUT2D eigenvalue weighted by atomic mass is 9.98. The molecule has 1 aromatic rings. The van der Waals surface area contributed by atoms with Crippen molar-refractivity contribution < 1.29 is 0 Å². The fraction of sp³-hybridized carbons (Fsp3) is 0.625. The lowest BCUT2D eigenvalue weighted by Gasteiger charge is -2.31. The van der Waals surface area contributed by atoms with E-state index in [-0.39, 0.29) is 6.04 Å². The van der Waals surface area contributed by atoms with Crippen molar-refractivity contribution in [1.82, 2.24) is 4.90 Å². The average molecular weight is 315 g/mol. The minimum atomic E-state index is 0.178. The number of benzene rings is 1. The van der Waals surface area contributed by atoms with Crippen molar-refractivity contribution in [3.63, 3.8) is 0 Å². The van der Waals surface area contributed by atoms with Gasteiger partial charge >= 0.3 is 0 Å². The first-order chi connectivity index (χ1) is 9.67. The van der Waals surface area contributed by atoms with Gasteiger partial charge in [0.1, 0.15) is 0 Å². The van der Waals surface area contributed by atoms with Crippen molar-refractivity contribution in [1.29, 1.82) is 0 Å². The highest BCUT2D eigenvalue weighted by Gasteiger charge is 2.24. The molecule has 0 spiro atoms. The fourth-order valence-electron chi connectivity index (χ4n) is 3.16. The van der Waals surface area contributed by atoms with Crippen LogP contribution in [0.25, 0.3) is 0 Å². The summed E-state index contributed by atoms with van der Waals surface area (Å²) >= 11 is 12.5. The van der Waals surface area contributed by atoms with Gasteiger partial charge in [-0.1, -0.05) is 48.7 Å². The summed E-state index contributed by atoms with van der Waals surface area (Å²) < 4.78 is 0. The summed E-state index contributed by atoms with van der Waals surface area (Å²) in [6.07, 6.45) is 5.10. The van der Waals surface area contributed by atoms with Crippen LogP contribution in [0.1, 0.15) is 44.2 Å². The average Bonchev–Trinajstić information content (AvgIpc) is 2.70. The Morgan fingerprint density at radius 3 is 2.80 bits per heavy atom. The SMILES string of the molecule is CCC1CCCN(C(CN)c2cccc(Cl)c2Cl)CC1. The van der Waals surface area contributed by atoms with Crippen LogP contribution in [-0.4, -0.2) is 24.5 Å². The monoisotopic (exact) mass is 314 g/mol. The molecule has 0 saturated carbocycles. The largest absolute Gasteiger partial charge is 0.329 e. The Hall–Kier alpha value is -0.280. The zero-order valence-electron chi connectivity index (χ0n) is 12.1. The summed E-state index contributed by atoms with van der Waals surface area (Å²) in [6, 6.07) is 6.01. The Morgan fingerprint density at radius 2 is 2.10 bits per heavy atom. The molecule has 2 N–H and O–H groups in total. The molecule has 1 aliphatic heterocycles. The standard InChI is InChI=1S/C16H24Cl2N2/c1-2-12-5-4-9-20(10-8-12)15(11-19)13-6-3-7-14(17)16(13)18/h3,6-7,12,15H,2,4-5,8-11,19H2,1H3. The van der Waals surface area contributed by atoms with Gasteiger partial charge < -0.3 is 5.73 Å². The lowest BCUT2D eigenvalue weighted by Crippen LogP contribution is -2.34. The minimum Gasteiger partial charge on any atom is -0.329 e. The molecule has 0 amide bonds. The molecule has 2 unspecified atom stereocenters. The van der Waals surface area contributed by atoms with Crippen LogP contribution in [0.15, 0.2) is 18.2 Å². The van der Waals surface area contributed by atoms with Crippen LogP contribution < -0.4 is 5.73 Å². The third-order valence-electron chi connectivity index (χ3n) is 4.46.